The smallest absolute Gasteiger partial charge is 0.246 e. The van der Waals surface area contributed by atoms with Gasteiger partial charge in [0.2, 0.25) is 5.91 Å². The van der Waals surface area contributed by atoms with E-state index >= 15 is 0 Å². The summed E-state index contributed by atoms with van der Waals surface area (Å²) in [6.45, 7) is 9.21. The average molecular weight is 215 g/mol. The van der Waals surface area contributed by atoms with Crippen LogP contribution in [0.25, 0.3) is 0 Å². The molecule has 0 saturated carbocycles. The maximum atomic E-state index is 11.6. The van der Waals surface area contributed by atoms with Crippen molar-refractivity contribution in [3.05, 3.63) is 0 Å². The highest BCUT2D eigenvalue weighted by Gasteiger charge is 2.31. The van der Waals surface area contributed by atoms with Gasteiger partial charge in [0.1, 0.15) is 6.61 Å². The fourth-order valence-corrected chi connectivity index (χ4v) is 1.42. The summed E-state index contributed by atoms with van der Waals surface area (Å²) < 4.78 is 10.6. The lowest BCUT2D eigenvalue weighted by atomic mass is 10.0. The van der Waals surface area contributed by atoms with E-state index in [9.17, 15) is 4.79 Å². The molecule has 0 spiro atoms. The molecule has 88 valence electrons. The van der Waals surface area contributed by atoms with E-state index < -0.39 is 0 Å². The van der Waals surface area contributed by atoms with Gasteiger partial charge in [0.25, 0.3) is 0 Å². The minimum atomic E-state index is -0.273. The molecular weight excluding hydrogens is 194 g/mol. The third-order valence-corrected chi connectivity index (χ3v) is 2.30. The Morgan fingerprint density at radius 3 is 2.67 bits per heavy atom. The Labute approximate surface area is 91.3 Å². The van der Waals surface area contributed by atoms with Crippen LogP contribution >= 0.6 is 0 Å². The van der Waals surface area contributed by atoms with Crippen molar-refractivity contribution in [3.8, 4) is 0 Å². The quantitative estimate of drug-likeness (QED) is 0.766. The van der Waals surface area contributed by atoms with Crippen molar-refractivity contribution in [2.24, 2.45) is 0 Å². The summed E-state index contributed by atoms with van der Waals surface area (Å²) in [5.74, 6) is -0.0714. The molecule has 1 heterocycles. The monoisotopic (exact) mass is 215 g/mol. The Morgan fingerprint density at radius 1 is 1.53 bits per heavy atom. The molecule has 0 bridgehead atoms. The molecule has 1 unspecified atom stereocenters. The first-order chi connectivity index (χ1) is 6.81. The second-order valence-electron chi connectivity index (χ2n) is 5.31. The van der Waals surface area contributed by atoms with Crippen LogP contribution in [0.2, 0.25) is 0 Å². The van der Waals surface area contributed by atoms with Gasteiger partial charge in [0.05, 0.1) is 17.7 Å². The first kappa shape index (κ1) is 12.5. The molecule has 1 rings (SSSR count). The molecule has 1 N–H and O–H groups in total. The number of nitrogens with one attached hydrogen (secondary N) is 1. The van der Waals surface area contributed by atoms with E-state index in [0.29, 0.717) is 6.61 Å². The summed E-state index contributed by atoms with van der Waals surface area (Å²) in [6.07, 6.45) is 0.869. The number of hydrogen-bond donors (Lipinski definition) is 1. The van der Waals surface area contributed by atoms with Crippen LogP contribution in [-0.2, 0) is 14.3 Å². The van der Waals surface area contributed by atoms with Crippen molar-refractivity contribution >= 4 is 5.91 Å². The number of rotatable bonds is 3. The lowest BCUT2D eigenvalue weighted by Crippen LogP contribution is -2.48. The summed E-state index contributed by atoms with van der Waals surface area (Å²) in [5, 5.41) is 2.94. The maximum Gasteiger partial charge on any atom is 0.246 e. The second kappa shape index (κ2) is 4.49. The lowest BCUT2D eigenvalue weighted by Gasteiger charge is -2.25. The highest BCUT2D eigenvalue weighted by atomic mass is 16.5. The van der Waals surface area contributed by atoms with Crippen molar-refractivity contribution in [3.63, 3.8) is 0 Å². The Balaban J connectivity index is 2.30. The highest BCUT2D eigenvalue weighted by Crippen LogP contribution is 2.17. The molecule has 1 aliphatic heterocycles. The molecule has 0 aromatic heterocycles. The van der Waals surface area contributed by atoms with Crippen molar-refractivity contribution in [1.29, 1.82) is 0 Å². The fourth-order valence-electron chi connectivity index (χ4n) is 1.42. The predicted molar refractivity (Wildman–Crippen MR) is 57.7 cm³/mol. The van der Waals surface area contributed by atoms with Crippen LogP contribution in [-0.4, -0.2) is 36.9 Å². The second-order valence-corrected chi connectivity index (χ2v) is 5.31. The maximum absolute atomic E-state index is 11.6. The zero-order valence-electron chi connectivity index (χ0n) is 10.1. The third-order valence-electron chi connectivity index (χ3n) is 2.30. The number of carbonyl (C=O) groups excluding carboxylic acids is 1. The van der Waals surface area contributed by atoms with Crippen LogP contribution in [0.4, 0.5) is 0 Å². The molecule has 1 aliphatic rings. The normalized spacial score (nSPS) is 26.7. The van der Waals surface area contributed by atoms with E-state index in [1.54, 1.807) is 0 Å². The van der Waals surface area contributed by atoms with E-state index in [1.807, 2.05) is 27.7 Å². The average Bonchev–Trinajstić information content (AvgIpc) is 2.47. The molecule has 1 saturated heterocycles. The van der Waals surface area contributed by atoms with E-state index in [1.165, 1.54) is 0 Å². The minimum Gasteiger partial charge on any atom is -0.379 e. The van der Waals surface area contributed by atoms with Crippen LogP contribution in [0, 0.1) is 0 Å². The van der Waals surface area contributed by atoms with Crippen LogP contribution < -0.4 is 5.32 Å². The van der Waals surface area contributed by atoms with Gasteiger partial charge in [-0.3, -0.25) is 4.79 Å². The number of hydrogen-bond acceptors (Lipinski definition) is 3. The van der Waals surface area contributed by atoms with Crippen molar-refractivity contribution < 1.29 is 14.3 Å². The summed E-state index contributed by atoms with van der Waals surface area (Å²) in [5.41, 5.74) is -0.483. The molecule has 0 radical (unpaired) electrons. The summed E-state index contributed by atoms with van der Waals surface area (Å²) in [6, 6.07) is 0. The van der Waals surface area contributed by atoms with Crippen LogP contribution in [0.3, 0.4) is 0 Å². The third kappa shape index (κ3) is 4.62. The van der Waals surface area contributed by atoms with Gasteiger partial charge in [-0.15, -0.1) is 0 Å². The predicted octanol–water partition coefficient (Wildman–Crippen LogP) is 1.10. The lowest BCUT2D eigenvalue weighted by molar-refractivity contribution is -0.132. The van der Waals surface area contributed by atoms with Crippen LogP contribution in [0.5, 0.6) is 0 Å². The van der Waals surface area contributed by atoms with Gasteiger partial charge in [-0.2, -0.15) is 0 Å². The zero-order chi connectivity index (χ0) is 11.5. The molecule has 0 aromatic rings. The zero-order valence-corrected chi connectivity index (χ0v) is 10.1. The Hall–Kier alpha value is -0.610. The van der Waals surface area contributed by atoms with E-state index in [0.717, 1.165) is 13.0 Å². The van der Waals surface area contributed by atoms with Crippen LogP contribution in [0.1, 0.15) is 34.1 Å². The van der Waals surface area contributed by atoms with Crippen molar-refractivity contribution in [2.45, 2.75) is 45.3 Å². The Kier molecular flexibility index (Phi) is 3.73. The number of amides is 1. The van der Waals surface area contributed by atoms with Crippen molar-refractivity contribution in [1.82, 2.24) is 5.32 Å². The Morgan fingerprint density at radius 2 is 2.20 bits per heavy atom. The van der Waals surface area contributed by atoms with E-state index in [-0.39, 0.29) is 23.7 Å². The summed E-state index contributed by atoms with van der Waals surface area (Å²) in [4.78, 5) is 11.6. The Bertz CT molecular complexity index is 226. The van der Waals surface area contributed by atoms with Gasteiger partial charge in [0, 0.05) is 6.61 Å². The standard InChI is InChI=1S/C11H21NO3/c1-10(2,3)15-7-9(13)12-11(4)5-6-14-8-11/h5-8H2,1-4H3,(H,12,13). The number of carbonyl (C=O) groups is 1. The van der Waals surface area contributed by atoms with Gasteiger partial charge in [-0.25, -0.2) is 0 Å². The molecule has 15 heavy (non-hydrogen) atoms. The SMILES string of the molecule is CC1(NC(=O)COC(C)(C)C)CCOC1. The molecule has 0 aromatic carbocycles. The highest BCUT2D eigenvalue weighted by molar-refractivity contribution is 5.78. The van der Waals surface area contributed by atoms with Crippen molar-refractivity contribution in [2.75, 3.05) is 19.8 Å². The van der Waals surface area contributed by atoms with Gasteiger partial charge in [0.15, 0.2) is 0 Å². The van der Waals surface area contributed by atoms with E-state index in [4.69, 9.17) is 9.47 Å². The molecule has 4 heteroatoms. The molecule has 4 nitrogen and oxygen atoms in total. The molecule has 0 aliphatic carbocycles. The van der Waals surface area contributed by atoms with Gasteiger partial charge in [-0.05, 0) is 34.1 Å². The largest absolute Gasteiger partial charge is 0.379 e. The molecular formula is C11H21NO3. The molecule has 1 fully saturated rings. The topological polar surface area (TPSA) is 47.6 Å². The van der Waals surface area contributed by atoms with E-state index in [2.05, 4.69) is 5.32 Å². The molecule has 1 atom stereocenters. The number of ether oxygens (including phenoxy) is 2. The first-order valence-corrected chi connectivity index (χ1v) is 5.33. The summed E-state index contributed by atoms with van der Waals surface area (Å²) >= 11 is 0. The summed E-state index contributed by atoms with van der Waals surface area (Å²) in [7, 11) is 0. The van der Waals surface area contributed by atoms with Gasteiger partial charge in [-0.1, -0.05) is 0 Å². The molecule has 1 amide bonds. The van der Waals surface area contributed by atoms with Crippen LogP contribution in [0.15, 0.2) is 0 Å². The minimum absolute atomic E-state index is 0.0714. The van der Waals surface area contributed by atoms with Gasteiger partial charge >= 0.3 is 0 Å². The first-order valence-electron chi connectivity index (χ1n) is 5.33. The fraction of sp³-hybridized carbons (Fsp3) is 0.909. The van der Waals surface area contributed by atoms with Gasteiger partial charge < -0.3 is 14.8 Å².